The molecule has 0 saturated heterocycles. The van der Waals surface area contributed by atoms with Gasteiger partial charge in [0.05, 0.1) is 29.4 Å². The SMILES string of the molecule is COc1cc(-c2ccc(Cl)c(C)c2)c(Cl)cc1N(c1ccon1)S(=O)(=O)c1ccc2cnncc2c1. The summed E-state index contributed by atoms with van der Waals surface area (Å²) in [6, 6.07) is 14.8. The first kappa shape index (κ1) is 24.1. The van der Waals surface area contributed by atoms with E-state index < -0.39 is 10.0 Å². The third kappa shape index (κ3) is 4.26. The number of ether oxygens (including phenoxy) is 1. The number of nitrogens with zero attached hydrogens (tertiary/aromatic N) is 4. The molecular weight excluding hydrogens is 523 g/mol. The van der Waals surface area contributed by atoms with Crippen LogP contribution >= 0.6 is 23.2 Å². The molecule has 0 atom stereocenters. The molecular formula is C25H18Cl2N4O4S. The maximum Gasteiger partial charge on any atom is 0.270 e. The number of halogens is 2. The van der Waals surface area contributed by atoms with Crippen molar-refractivity contribution >= 4 is 55.5 Å². The molecule has 0 aliphatic heterocycles. The van der Waals surface area contributed by atoms with Gasteiger partial charge in [-0.15, -0.1) is 0 Å². The number of fused-ring (bicyclic) bond motifs is 1. The molecule has 0 spiro atoms. The van der Waals surface area contributed by atoms with Crippen LogP contribution in [-0.4, -0.2) is 30.9 Å². The molecule has 0 saturated carbocycles. The summed E-state index contributed by atoms with van der Waals surface area (Å²) in [7, 11) is -2.75. The topological polar surface area (TPSA) is 98.4 Å². The van der Waals surface area contributed by atoms with Gasteiger partial charge in [0.15, 0.2) is 5.82 Å². The largest absolute Gasteiger partial charge is 0.495 e. The van der Waals surface area contributed by atoms with Crippen molar-refractivity contribution in [3.63, 3.8) is 0 Å². The molecule has 3 aromatic carbocycles. The highest BCUT2D eigenvalue weighted by atomic mass is 35.5. The second kappa shape index (κ2) is 9.42. The summed E-state index contributed by atoms with van der Waals surface area (Å²) in [6.45, 7) is 1.89. The summed E-state index contributed by atoms with van der Waals surface area (Å²) in [5.74, 6) is 0.299. The average molecular weight is 541 g/mol. The van der Waals surface area contributed by atoms with Gasteiger partial charge in [-0.25, -0.2) is 12.7 Å². The normalized spacial score (nSPS) is 11.6. The minimum absolute atomic E-state index is 0.0154. The van der Waals surface area contributed by atoms with E-state index >= 15 is 0 Å². The van der Waals surface area contributed by atoms with E-state index in [4.69, 9.17) is 32.5 Å². The first-order valence-electron chi connectivity index (χ1n) is 10.6. The lowest BCUT2D eigenvalue weighted by Crippen LogP contribution is -2.27. The summed E-state index contributed by atoms with van der Waals surface area (Å²) in [5.41, 5.74) is 2.50. The Kier molecular flexibility index (Phi) is 6.29. The number of benzene rings is 3. The van der Waals surface area contributed by atoms with Crippen molar-refractivity contribution in [2.75, 3.05) is 11.4 Å². The van der Waals surface area contributed by atoms with Crippen molar-refractivity contribution in [1.82, 2.24) is 15.4 Å². The average Bonchev–Trinajstić information content (AvgIpc) is 3.40. The Labute approximate surface area is 217 Å². The molecule has 0 bridgehead atoms. The third-order valence-corrected chi connectivity index (χ3v) is 8.10. The maximum absolute atomic E-state index is 14.0. The zero-order valence-corrected chi connectivity index (χ0v) is 21.3. The monoisotopic (exact) mass is 540 g/mol. The zero-order chi connectivity index (χ0) is 25.4. The molecule has 0 aliphatic rings. The number of methoxy groups -OCH3 is 1. The van der Waals surface area contributed by atoms with E-state index in [-0.39, 0.29) is 22.2 Å². The molecule has 182 valence electrons. The first-order valence-corrected chi connectivity index (χ1v) is 12.8. The van der Waals surface area contributed by atoms with Gasteiger partial charge in [-0.1, -0.05) is 40.5 Å². The Morgan fingerprint density at radius 3 is 2.39 bits per heavy atom. The number of rotatable bonds is 6. The van der Waals surface area contributed by atoms with Crippen molar-refractivity contribution < 1.29 is 17.7 Å². The number of aromatic nitrogens is 3. The van der Waals surface area contributed by atoms with Gasteiger partial charge in [0.25, 0.3) is 10.0 Å². The zero-order valence-electron chi connectivity index (χ0n) is 19.0. The van der Waals surface area contributed by atoms with E-state index in [0.29, 0.717) is 21.0 Å². The Hall–Kier alpha value is -3.66. The van der Waals surface area contributed by atoms with Gasteiger partial charge in [0, 0.05) is 27.4 Å². The Morgan fingerprint density at radius 1 is 0.917 bits per heavy atom. The molecule has 0 N–H and O–H groups in total. The molecule has 0 unspecified atom stereocenters. The minimum atomic E-state index is -4.20. The van der Waals surface area contributed by atoms with E-state index in [1.807, 2.05) is 19.1 Å². The van der Waals surface area contributed by atoms with E-state index in [2.05, 4.69) is 15.4 Å². The first-order chi connectivity index (χ1) is 17.3. The lowest BCUT2D eigenvalue weighted by molar-refractivity contribution is 0.414. The summed E-state index contributed by atoms with van der Waals surface area (Å²) >= 11 is 12.9. The number of sulfonamides is 1. The quantitative estimate of drug-likeness (QED) is 0.244. The van der Waals surface area contributed by atoms with Gasteiger partial charge in [-0.3, -0.25) is 0 Å². The number of hydrogen-bond acceptors (Lipinski definition) is 7. The van der Waals surface area contributed by atoms with Gasteiger partial charge < -0.3 is 9.26 Å². The van der Waals surface area contributed by atoms with Crippen molar-refractivity contribution in [2.45, 2.75) is 11.8 Å². The van der Waals surface area contributed by atoms with Gasteiger partial charge in [0.2, 0.25) is 0 Å². The molecule has 8 nitrogen and oxygen atoms in total. The third-order valence-electron chi connectivity index (χ3n) is 5.65. The van der Waals surface area contributed by atoms with Crippen LogP contribution in [-0.2, 0) is 10.0 Å². The molecule has 0 radical (unpaired) electrons. The lowest BCUT2D eigenvalue weighted by atomic mass is 10.0. The van der Waals surface area contributed by atoms with Crippen LogP contribution in [0.25, 0.3) is 21.9 Å². The number of anilines is 2. The maximum atomic E-state index is 14.0. The van der Waals surface area contributed by atoms with Crippen molar-refractivity contribution in [1.29, 1.82) is 0 Å². The fourth-order valence-corrected chi connectivity index (χ4v) is 5.68. The second-order valence-corrected chi connectivity index (χ2v) is 10.5. The van der Waals surface area contributed by atoms with Crippen molar-refractivity contribution in [3.8, 4) is 16.9 Å². The summed E-state index contributed by atoms with van der Waals surface area (Å²) < 4.78 is 39.6. The van der Waals surface area contributed by atoms with E-state index in [1.54, 1.807) is 24.4 Å². The standard InChI is InChI=1S/C25H18Cl2N4O4S/c1-15-9-16(4-6-21(15)26)20-11-24(34-2)23(12-22(20)27)31(25-7-8-35-30-25)36(32,33)19-5-3-17-13-28-29-14-18(17)10-19/h3-14H,1-2H3. The summed E-state index contributed by atoms with van der Waals surface area (Å²) in [4.78, 5) is 0.0154. The number of aryl methyl sites for hydroxylation is 1. The Balaban J connectivity index is 1.70. The van der Waals surface area contributed by atoms with E-state index in [0.717, 1.165) is 20.8 Å². The van der Waals surface area contributed by atoms with Crippen LogP contribution in [0.2, 0.25) is 10.0 Å². The molecule has 5 aromatic rings. The van der Waals surface area contributed by atoms with E-state index in [1.165, 1.54) is 43.8 Å². The summed E-state index contributed by atoms with van der Waals surface area (Å²) in [6.07, 6.45) is 4.34. The fourth-order valence-electron chi connectivity index (χ4n) is 3.82. The van der Waals surface area contributed by atoms with Gasteiger partial charge >= 0.3 is 0 Å². The Bertz CT molecular complexity index is 1690. The van der Waals surface area contributed by atoms with Gasteiger partial charge in [-0.05, 0) is 54.4 Å². The van der Waals surface area contributed by atoms with Crippen molar-refractivity contribution in [3.05, 3.63) is 88.9 Å². The summed E-state index contributed by atoms with van der Waals surface area (Å²) in [5, 5.41) is 13.9. The second-order valence-electron chi connectivity index (χ2n) is 7.87. The molecule has 36 heavy (non-hydrogen) atoms. The minimum Gasteiger partial charge on any atom is -0.495 e. The number of hydrogen-bond donors (Lipinski definition) is 0. The van der Waals surface area contributed by atoms with Crippen LogP contribution in [0.1, 0.15) is 5.56 Å². The molecule has 2 heterocycles. The highest BCUT2D eigenvalue weighted by molar-refractivity contribution is 7.93. The van der Waals surface area contributed by atoms with Crippen LogP contribution in [0.4, 0.5) is 11.5 Å². The predicted molar refractivity (Wildman–Crippen MR) is 139 cm³/mol. The molecule has 0 amide bonds. The van der Waals surface area contributed by atoms with Crippen molar-refractivity contribution in [2.24, 2.45) is 0 Å². The fraction of sp³-hybridized carbons (Fsp3) is 0.0800. The highest BCUT2D eigenvalue weighted by Crippen LogP contribution is 2.44. The van der Waals surface area contributed by atoms with Crippen LogP contribution in [0, 0.1) is 6.92 Å². The smallest absolute Gasteiger partial charge is 0.270 e. The predicted octanol–water partition coefficient (Wildman–Crippen LogP) is 6.44. The van der Waals surface area contributed by atoms with Gasteiger partial charge in [0.1, 0.15) is 17.7 Å². The van der Waals surface area contributed by atoms with Gasteiger partial charge in [-0.2, -0.15) is 10.2 Å². The van der Waals surface area contributed by atoms with Crippen LogP contribution in [0.5, 0.6) is 5.75 Å². The van der Waals surface area contributed by atoms with E-state index in [9.17, 15) is 8.42 Å². The lowest BCUT2D eigenvalue weighted by Gasteiger charge is -2.24. The van der Waals surface area contributed by atoms with Crippen LogP contribution < -0.4 is 9.04 Å². The molecule has 0 aliphatic carbocycles. The molecule has 11 heteroatoms. The molecule has 0 fully saturated rings. The van der Waals surface area contributed by atoms with Crippen LogP contribution in [0.15, 0.2) is 82.7 Å². The molecule has 5 rings (SSSR count). The Morgan fingerprint density at radius 2 is 1.69 bits per heavy atom. The highest BCUT2D eigenvalue weighted by Gasteiger charge is 2.32. The van der Waals surface area contributed by atoms with Crippen LogP contribution in [0.3, 0.4) is 0 Å². The molecule has 2 aromatic heterocycles.